The van der Waals surface area contributed by atoms with Crippen LogP contribution in [0.1, 0.15) is 44.7 Å². The molecule has 0 aliphatic heterocycles. The van der Waals surface area contributed by atoms with E-state index in [2.05, 4.69) is 16.9 Å². The first-order valence-corrected chi connectivity index (χ1v) is 7.95. The second-order valence-corrected chi connectivity index (χ2v) is 6.55. The molecular weight excluding hydrogens is 274 g/mol. The highest BCUT2D eigenvalue weighted by Gasteiger charge is 2.43. The summed E-state index contributed by atoms with van der Waals surface area (Å²) >= 11 is 6.35. The van der Waals surface area contributed by atoms with Gasteiger partial charge in [0, 0.05) is 6.54 Å². The van der Waals surface area contributed by atoms with Crippen LogP contribution in [-0.4, -0.2) is 40.4 Å². The van der Waals surface area contributed by atoms with Gasteiger partial charge in [-0.25, -0.2) is 0 Å². The molecule has 4 nitrogen and oxygen atoms in total. The highest BCUT2D eigenvalue weighted by Crippen LogP contribution is 2.45. The Balaban J connectivity index is 2.31. The van der Waals surface area contributed by atoms with E-state index in [1.165, 1.54) is 6.42 Å². The number of rotatable bonds is 5. The Bertz CT molecular complexity index is 446. The van der Waals surface area contributed by atoms with E-state index in [1.807, 2.05) is 18.8 Å². The second-order valence-electron chi connectivity index (χ2n) is 6.14. The molecule has 0 bridgehead atoms. The third kappa shape index (κ3) is 3.02. The summed E-state index contributed by atoms with van der Waals surface area (Å²) in [6, 6.07) is 0. The molecule has 20 heavy (non-hydrogen) atoms. The fourth-order valence-corrected chi connectivity index (χ4v) is 3.64. The molecule has 1 heterocycles. The van der Waals surface area contributed by atoms with Crippen LogP contribution in [0.2, 0.25) is 5.02 Å². The number of hydrogen-bond acceptors (Lipinski definition) is 3. The molecule has 2 rings (SSSR count). The van der Waals surface area contributed by atoms with E-state index in [1.54, 1.807) is 6.20 Å². The molecule has 1 fully saturated rings. The number of aromatic nitrogens is 2. The van der Waals surface area contributed by atoms with Gasteiger partial charge in [0.2, 0.25) is 0 Å². The zero-order valence-electron chi connectivity index (χ0n) is 12.8. The average Bonchev–Trinajstić information content (AvgIpc) is 2.78. The van der Waals surface area contributed by atoms with Crippen LogP contribution in [0.25, 0.3) is 0 Å². The Labute approximate surface area is 126 Å². The van der Waals surface area contributed by atoms with Crippen LogP contribution < -0.4 is 0 Å². The molecule has 0 aromatic carbocycles. The minimum atomic E-state index is -0.813. The summed E-state index contributed by atoms with van der Waals surface area (Å²) in [7, 11) is 4.07. The Morgan fingerprint density at radius 2 is 2.25 bits per heavy atom. The molecule has 1 saturated carbocycles. The number of nitrogens with zero attached hydrogens (tertiary/aromatic N) is 3. The molecule has 1 aromatic rings. The van der Waals surface area contributed by atoms with Gasteiger partial charge in [0.05, 0.1) is 23.5 Å². The minimum absolute atomic E-state index is 0.281. The third-order valence-electron chi connectivity index (χ3n) is 4.49. The lowest BCUT2D eigenvalue weighted by Crippen LogP contribution is -2.40. The summed E-state index contributed by atoms with van der Waals surface area (Å²) in [5.74, 6) is 0.281. The van der Waals surface area contributed by atoms with Crippen molar-refractivity contribution < 1.29 is 5.11 Å². The predicted molar refractivity (Wildman–Crippen MR) is 81.9 cm³/mol. The van der Waals surface area contributed by atoms with Gasteiger partial charge in [-0.1, -0.05) is 37.8 Å². The van der Waals surface area contributed by atoms with Gasteiger partial charge < -0.3 is 10.0 Å². The lowest BCUT2D eigenvalue weighted by atomic mass is 9.72. The molecule has 1 N–H and O–H groups in total. The first kappa shape index (κ1) is 15.8. The first-order valence-electron chi connectivity index (χ1n) is 7.58. The molecule has 1 aromatic heterocycles. The molecule has 0 saturated heterocycles. The van der Waals surface area contributed by atoms with Gasteiger partial charge in [-0.3, -0.25) is 4.68 Å². The van der Waals surface area contributed by atoms with Gasteiger partial charge in [0.25, 0.3) is 0 Å². The van der Waals surface area contributed by atoms with Crippen molar-refractivity contribution in [3.63, 3.8) is 0 Å². The third-order valence-corrected chi connectivity index (χ3v) is 4.77. The van der Waals surface area contributed by atoms with Gasteiger partial charge in [-0.15, -0.1) is 0 Å². The Hall–Kier alpha value is -0.580. The number of aliphatic hydroxyl groups is 1. The predicted octanol–water partition coefficient (Wildman–Crippen LogP) is 2.89. The average molecular weight is 300 g/mol. The maximum Gasteiger partial charge on any atom is 0.110 e. The minimum Gasteiger partial charge on any atom is -0.383 e. The van der Waals surface area contributed by atoms with Crippen LogP contribution in [0.5, 0.6) is 0 Å². The van der Waals surface area contributed by atoms with Crippen molar-refractivity contribution in [2.45, 2.75) is 51.2 Å². The summed E-state index contributed by atoms with van der Waals surface area (Å²) in [5.41, 5.74) is 0.0138. The molecule has 0 radical (unpaired) electrons. The van der Waals surface area contributed by atoms with E-state index >= 15 is 0 Å². The van der Waals surface area contributed by atoms with Crippen molar-refractivity contribution in [1.82, 2.24) is 14.7 Å². The second kappa shape index (κ2) is 6.46. The molecule has 0 amide bonds. The zero-order chi connectivity index (χ0) is 14.8. The molecule has 2 atom stereocenters. The molecule has 114 valence electrons. The lowest BCUT2D eigenvalue weighted by molar-refractivity contribution is -0.0626. The monoisotopic (exact) mass is 299 g/mol. The smallest absolute Gasteiger partial charge is 0.110 e. The Morgan fingerprint density at radius 3 is 2.90 bits per heavy atom. The van der Waals surface area contributed by atoms with Crippen LogP contribution >= 0.6 is 11.6 Å². The number of halogens is 1. The van der Waals surface area contributed by atoms with E-state index in [4.69, 9.17) is 11.6 Å². The Morgan fingerprint density at radius 1 is 1.50 bits per heavy atom. The molecule has 1 aliphatic rings. The van der Waals surface area contributed by atoms with E-state index in [0.29, 0.717) is 5.02 Å². The zero-order valence-corrected chi connectivity index (χ0v) is 13.5. The van der Waals surface area contributed by atoms with Crippen LogP contribution in [0.3, 0.4) is 0 Å². The standard InChI is InChI=1S/C15H26ClN3O/c1-4-12-7-5-6-8-15(12,20)14-13(16)11-17-19(14)10-9-18(2)3/h11-12,20H,4-10H2,1-3H3. The van der Waals surface area contributed by atoms with Crippen molar-refractivity contribution in [3.05, 3.63) is 16.9 Å². The SMILES string of the molecule is CCC1CCCCC1(O)c1c(Cl)cnn1CCN(C)C. The van der Waals surface area contributed by atoms with Crippen LogP contribution in [0.4, 0.5) is 0 Å². The van der Waals surface area contributed by atoms with Gasteiger partial charge >= 0.3 is 0 Å². The Kier molecular flexibility index (Phi) is 5.10. The molecule has 1 aliphatic carbocycles. The summed E-state index contributed by atoms with van der Waals surface area (Å²) < 4.78 is 1.90. The maximum atomic E-state index is 11.3. The first-order chi connectivity index (χ1) is 9.49. The summed E-state index contributed by atoms with van der Waals surface area (Å²) in [6.07, 6.45) is 6.77. The van der Waals surface area contributed by atoms with E-state index in [9.17, 15) is 5.11 Å². The van der Waals surface area contributed by atoms with Crippen LogP contribution in [0.15, 0.2) is 6.20 Å². The van der Waals surface area contributed by atoms with Crippen molar-refractivity contribution >= 4 is 11.6 Å². The summed E-state index contributed by atoms with van der Waals surface area (Å²) in [4.78, 5) is 2.11. The van der Waals surface area contributed by atoms with E-state index < -0.39 is 5.60 Å². The van der Waals surface area contributed by atoms with E-state index in [-0.39, 0.29) is 5.92 Å². The van der Waals surface area contributed by atoms with Crippen molar-refractivity contribution in [2.75, 3.05) is 20.6 Å². The maximum absolute atomic E-state index is 11.3. The number of hydrogen-bond donors (Lipinski definition) is 1. The molecular formula is C15H26ClN3O. The van der Waals surface area contributed by atoms with Gasteiger partial charge in [0.1, 0.15) is 5.60 Å². The van der Waals surface area contributed by atoms with E-state index in [0.717, 1.165) is 44.5 Å². The lowest BCUT2D eigenvalue weighted by Gasteiger charge is -2.40. The molecule has 0 spiro atoms. The largest absolute Gasteiger partial charge is 0.383 e. The molecule has 5 heteroatoms. The van der Waals surface area contributed by atoms with Gasteiger partial charge in [0.15, 0.2) is 0 Å². The van der Waals surface area contributed by atoms with Gasteiger partial charge in [-0.05, 0) is 32.9 Å². The molecule has 2 unspecified atom stereocenters. The van der Waals surface area contributed by atoms with Crippen molar-refractivity contribution in [2.24, 2.45) is 5.92 Å². The quantitative estimate of drug-likeness (QED) is 0.909. The number of likely N-dealkylation sites (N-methyl/N-ethyl adjacent to an activating group) is 1. The van der Waals surface area contributed by atoms with Gasteiger partial charge in [-0.2, -0.15) is 5.10 Å². The fourth-order valence-electron chi connectivity index (χ4n) is 3.34. The summed E-state index contributed by atoms with van der Waals surface area (Å²) in [6.45, 7) is 3.79. The summed E-state index contributed by atoms with van der Waals surface area (Å²) in [5, 5.41) is 16.2. The highest BCUT2D eigenvalue weighted by molar-refractivity contribution is 6.31. The highest BCUT2D eigenvalue weighted by atomic mass is 35.5. The van der Waals surface area contributed by atoms with Crippen molar-refractivity contribution in [1.29, 1.82) is 0 Å². The normalized spacial score (nSPS) is 27.2. The fraction of sp³-hybridized carbons (Fsp3) is 0.800. The topological polar surface area (TPSA) is 41.3 Å². The van der Waals surface area contributed by atoms with Crippen LogP contribution in [0, 0.1) is 5.92 Å². The van der Waals surface area contributed by atoms with Crippen LogP contribution in [-0.2, 0) is 12.1 Å². The van der Waals surface area contributed by atoms with Crippen molar-refractivity contribution in [3.8, 4) is 0 Å².